The van der Waals surface area contributed by atoms with Gasteiger partial charge in [-0.2, -0.15) is 0 Å². The molecule has 2 rings (SSSR count). The largest absolute Gasteiger partial charge is 0.387 e. The Balaban J connectivity index is 2.23. The second-order valence-electron chi connectivity index (χ2n) is 5.78. The summed E-state index contributed by atoms with van der Waals surface area (Å²) in [7, 11) is 3.57. The van der Waals surface area contributed by atoms with Crippen LogP contribution >= 0.6 is 0 Å². The highest BCUT2D eigenvalue weighted by atomic mass is 16.5. The number of amides is 1. The number of anilines is 1. The predicted octanol–water partition coefficient (Wildman–Crippen LogP) is 2.68. The summed E-state index contributed by atoms with van der Waals surface area (Å²) in [6.45, 7) is 5.55. The highest BCUT2D eigenvalue weighted by Gasteiger charge is 2.33. The fourth-order valence-electron chi connectivity index (χ4n) is 2.77. The maximum absolute atomic E-state index is 12.7. The van der Waals surface area contributed by atoms with Gasteiger partial charge in [-0.05, 0) is 44.4 Å². The smallest absolute Gasteiger partial charge is 0.256 e. The molecule has 1 aliphatic rings. The van der Waals surface area contributed by atoms with E-state index in [0.29, 0.717) is 6.54 Å². The fourth-order valence-corrected chi connectivity index (χ4v) is 2.77. The van der Waals surface area contributed by atoms with Crippen LogP contribution in [0, 0.1) is 6.92 Å². The lowest BCUT2D eigenvalue weighted by molar-refractivity contribution is -0.0439. The summed E-state index contributed by atoms with van der Waals surface area (Å²) in [5.74, 6) is 0.0809. The molecular weight excluding hydrogens is 252 g/mol. The zero-order valence-electron chi connectivity index (χ0n) is 12.8. The Hall–Kier alpha value is -1.55. The van der Waals surface area contributed by atoms with E-state index in [1.807, 2.05) is 37.1 Å². The standard InChI is InChI=1S/C16H24N2O2/c1-12-6-7-13(14(10-12)17-3)15(19)18-9-5-8-16(2,11-18)20-4/h6-7,10,17H,5,8-9,11H2,1-4H3. The monoisotopic (exact) mass is 276 g/mol. The zero-order valence-corrected chi connectivity index (χ0v) is 12.8. The van der Waals surface area contributed by atoms with Gasteiger partial charge in [-0.15, -0.1) is 0 Å². The number of carbonyl (C=O) groups is 1. The van der Waals surface area contributed by atoms with E-state index in [-0.39, 0.29) is 11.5 Å². The van der Waals surface area contributed by atoms with Crippen LogP contribution in [0.5, 0.6) is 0 Å². The van der Waals surface area contributed by atoms with Crippen LogP contribution in [-0.4, -0.2) is 43.7 Å². The third-order valence-electron chi connectivity index (χ3n) is 4.11. The fraction of sp³-hybridized carbons (Fsp3) is 0.562. The van der Waals surface area contributed by atoms with Crippen molar-refractivity contribution in [3.8, 4) is 0 Å². The molecule has 1 aliphatic heterocycles. The van der Waals surface area contributed by atoms with E-state index in [2.05, 4.69) is 12.2 Å². The minimum absolute atomic E-state index is 0.0809. The number of aryl methyl sites for hydroxylation is 1. The van der Waals surface area contributed by atoms with Gasteiger partial charge < -0.3 is 15.0 Å². The molecule has 1 unspecified atom stereocenters. The average molecular weight is 276 g/mol. The Bertz CT molecular complexity index is 501. The number of methoxy groups -OCH3 is 1. The van der Waals surface area contributed by atoms with Crippen molar-refractivity contribution < 1.29 is 9.53 Å². The summed E-state index contributed by atoms with van der Waals surface area (Å²) in [5.41, 5.74) is 2.54. The maximum Gasteiger partial charge on any atom is 0.256 e. The summed E-state index contributed by atoms with van der Waals surface area (Å²) in [6, 6.07) is 5.89. The molecule has 20 heavy (non-hydrogen) atoms. The Morgan fingerprint density at radius 3 is 2.85 bits per heavy atom. The topological polar surface area (TPSA) is 41.6 Å². The number of nitrogens with one attached hydrogen (secondary N) is 1. The van der Waals surface area contributed by atoms with Crippen molar-refractivity contribution >= 4 is 11.6 Å². The number of rotatable bonds is 3. The summed E-state index contributed by atoms with van der Waals surface area (Å²) < 4.78 is 5.56. The van der Waals surface area contributed by atoms with Crippen LogP contribution in [0.3, 0.4) is 0 Å². The van der Waals surface area contributed by atoms with Crippen molar-refractivity contribution in [1.82, 2.24) is 4.90 Å². The highest BCUT2D eigenvalue weighted by molar-refractivity contribution is 5.99. The van der Waals surface area contributed by atoms with Gasteiger partial charge in [0.1, 0.15) is 0 Å². The van der Waals surface area contributed by atoms with Crippen molar-refractivity contribution in [3.05, 3.63) is 29.3 Å². The molecule has 1 saturated heterocycles. The Labute approximate surface area is 121 Å². The lowest BCUT2D eigenvalue weighted by Crippen LogP contribution is -2.49. The van der Waals surface area contributed by atoms with Crippen LogP contribution in [0.1, 0.15) is 35.7 Å². The van der Waals surface area contributed by atoms with Crippen LogP contribution in [0.15, 0.2) is 18.2 Å². The SMILES string of the molecule is CNc1cc(C)ccc1C(=O)N1CCCC(C)(OC)C1. The molecule has 1 amide bonds. The van der Waals surface area contributed by atoms with Crippen molar-refractivity contribution in [2.24, 2.45) is 0 Å². The van der Waals surface area contributed by atoms with Gasteiger partial charge in [-0.25, -0.2) is 0 Å². The van der Waals surface area contributed by atoms with E-state index in [1.165, 1.54) is 0 Å². The number of hydrogen-bond acceptors (Lipinski definition) is 3. The molecular formula is C16H24N2O2. The summed E-state index contributed by atoms with van der Waals surface area (Å²) in [6.07, 6.45) is 1.98. The number of nitrogens with zero attached hydrogens (tertiary/aromatic N) is 1. The third-order valence-corrected chi connectivity index (χ3v) is 4.11. The molecule has 0 aliphatic carbocycles. The van der Waals surface area contributed by atoms with Gasteiger partial charge in [-0.3, -0.25) is 4.79 Å². The van der Waals surface area contributed by atoms with Gasteiger partial charge in [0.15, 0.2) is 0 Å². The summed E-state index contributed by atoms with van der Waals surface area (Å²) in [5, 5.41) is 3.11. The highest BCUT2D eigenvalue weighted by Crippen LogP contribution is 2.27. The maximum atomic E-state index is 12.7. The molecule has 1 aromatic carbocycles. The minimum Gasteiger partial charge on any atom is -0.387 e. The first kappa shape index (κ1) is 14.9. The van der Waals surface area contributed by atoms with E-state index in [0.717, 1.165) is 36.2 Å². The number of carbonyl (C=O) groups excluding carboxylic acids is 1. The molecule has 4 nitrogen and oxygen atoms in total. The van der Waals surface area contributed by atoms with Crippen molar-refractivity contribution in [3.63, 3.8) is 0 Å². The number of piperidine rings is 1. The van der Waals surface area contributed by atoms with Crippen molar-refractivity contribution in [2.75, 3.05) is 32.6 Å². The van der Waals surface area contributed by atoms with Crippen molar-refractivity contribution in [1.29, 1.82) is 0 Å². The molecule has 1 aromatic rings. The molecule has 1 N–H and O–H groups in total. The number of hydrogen-bond donors (Lipinski definition) is 1. The molecule has 0 saturated carbocycles. The molecule has 0 spiro atoms. The normalized spacial score (nSPS) is 22.7. The van der Waals surface area contributed by atoms with Gasteiger partial charge in [0.2, 0.25) is 0 Å². The first-order chi connectivity index (χ1) is 9.49. The first-order valence-corrected chi connectivity index (χ1v) is 7.12. The molecule has 0 bridgehead atoms. The van der Waals surface area contributed by atoms with Gasteiger partial charge in [-0.1, -0.05) is 6.07 Å². The van der Waals surface area contributed by atoms with Gasteiger partial charge >= 0.3 is 0 Å². The lowest BCUT2D eigenvalue weighted by atomic mass is 9.94. The summed E-state index contributed by atoms with van der Waals surface area (Å²) >= 11 is 0. The van der Waals surface area contributed by atoms with E-state index in [9.17, 15) is 4.79 Å². The number of ether oxygens (including phenoxy) is 1. The van der Waals surface area contributed by atoms with Crippen molar-refractivity contribution in [2.45, 2.75) is 32.3 Å². The van der Waals surface area contributed by atoms with Crippen LogP contribution in [0.25, 0.3) is 0 Å². The lowest BCUT2D eigenvalue weighted by Gasteiger charge is -2.39. The van der Waals surface area contributed by atoms with Crippen LogP contribution in [0.2, 0.25) is 0 Å². The molecule has 0 radical (unpaired) electrons. The zero-order chi connectivity index (χ0) is 14.8. The average Bonchev–Trinajstić information content (AvgIpc) is 2.46. The van der Waals surface area contributed by atoms with Crippen LogP contribution in [0.4, 0.5) is 5.69 Å². The van der Waals surface area contributed by atoms with E-state index < -0.39 is 0 Å². The van der Waals surface area contributed by atoms with Gasteiger partial charge in [0.25, 0.3) is 5.91 Å². The van der Waals surface area contributed by atoms with Gasteiger partial charge in [0, 0.05) is 32.9 Å². The molecule has 0 aromatic heterocycles. The first-order valence-electron chi connectivity index (χ1n) is 7.12. The van der Waals surface area contributed by atoms with Crippen LogP contribution in [-0.2, 0) is 4.74 Å². The van der Waals surface area contributed by atoms with E-state index in [1.54, 1.807) is 7.11 Å². The van der Waals surface area contributed by atoms with Crippen LogP contribution < -0.4 is 5.32 Å². The third kappa shape index (κ3) is 2.96. The molecule has 1 atom stereocenters. The van der Waals surface area contributed by atoms with Gasteiger partial charge in [0.05, 0.1) is 11.2 Å². The quantitative estimate of drug-likeness (QED) is 0.923. The Kier molecular flexibility index (Phi) is 4.33. The summed E-state index contributed by atoms with van der Waals surface area (Å²) in [4.78, 5) is 14.6. The second kappa shape index (κ2) is 5.83. The minimum atomic E-state index is -0.224. The molecule has 110 valence electrons. The Morgan fingerprint density at radius 2 is 2.20 bits per heavy atom. The molecule has 1 heterocycles. The number of likely N-dealkylation sites (tertiary alicyclic amines) is 1. The predicted molar refractivity (Wildman–Crippen MR) is 81.3 cm³/mol. The molecule has 1 fully saturated rings. The van der Waals surface area contributed by atoms with E-state index in [4.69, 9.17) is 4.74 Å². The molecule has 4 heteroatoms. The second-order valence-corrected chi connectivity index (χ2v) is 5.78. The Morgan fingerprint density at radius 1 is 1.45 bits per heavy atom. The van der Waals surface area contributed by atoms with E-state index >= 15 is 0 Å². The number of benzene rings is 1.